The molecule has 0 saturated carbocycles. The van der Waals surface area contributed by atoms with E-state index in [-0.39, 0.29) is 6.04 Å². The highest BCUT2D eigenvalue weighted by atomic mass is 79.9. The quantitative estimate of drug-likeness (QED) is 0.525. The molecule has 1 unspecified atom stereocenters. The van der Waals surface area contributed by atoms with E-state index in [1.807, 2.05) is 4.90 Å². The molecule has 0 aromatic carbocycles. The van der Waals surface area contributed by atoms with Gasteiger partial charge in [-0.2, -0.15) is 0 Å². The second-order valence-corrected chi connectivity index (χ2v) is 6.32. The summed E-state index contributed by atoms with van der Waals surface area (Å²) in [6.07, 6.45) is 2.91. The van der Waals surface area contributed by atoms with Crippen LogP contribution in [0.3, 0.4) is 0 Å². The number of hydrogen-bond donors (Lipinski definition) is 5. The summed E-state index contributed by atoms with van der Waals surface area (Å²) >= 11 is 3.48. The van der Waals surface area contributed by atoms with Crippen LogP contribution in [-0.4, -0.2) is 57.9 Å². The summed E-state index contributed by atoms with van der Waals surface area (Å²) in [5.74, 6) is -0.520. The summed E-state index contributed by atoms with van der Waals surface area (Å²) in [4.78, 5) is 31.6. The highest BCUT2D eigenvalue weighted by molar-refractivity contribution is 9.10. The molecule has 1 aliphatic rings. The maximum atomic E-state index is 11.5. The minimum atomic E-state index is -1.04. The Morgan fingerprint density at radius 2 is 2.29 bits per heavy atom. The fourth-order valence-electron chi connectivity index (χ4n) is 2.91. The van der Waals surface area contributed by atoms with Crippen molar-refractivity contribution in [3.05, 3.63) is 16.9 Å². The van der Waals surface area contributed by atoms with Crippen molar-refractivity contribution < 1.29 is 19.8 Å². The number of carbonyl (C=O) groups excluding carboxylic acids is 1. The molecule has 9 nitrogen and oxygen atoms in total. The van der Waals surface area contributed by atoms with Gasteiger partial charge in [0.15, 0.2) is 0 Å². The van der Waals surface area contributed by atoms with Crippen LogP contribution >= 0.6 is 15.9 Å². The van der Waals surface area contributed by atoms with Crippen LogP contribution in [0.15, 0.2) is 16.9 Å². The van der Waals surface area contributed by atoms with E-state index in [0.29, 0.717) is 36.2 Å². The van der Waals surface area contributed by atoms with E-state index in [1.54, 1.807) is 12.4 Å². The Hall–Kier alpha value is -2.33. The number of aliphatic hydroxyl groups excluding tert-OH is 1. The summed E-state index contributed by atoms with van der Waals surface area (Å²) in [5, 5.41) is 23.6. The van der Waals surface area contributed by atoms with E-state index in [4.69, 9.17) is 10.2 Å². The summed E-state index contributed by atoms with van der Waals surface area (Å²) in [6.45, 7) is 0.571. The van der Waals surface area contributed by atoms with Crippen LogP contribution in [0, 0.1) is 0 Å². The smallest absolute Gasteiger partial charge is 0.404 e. The Morgan fingerprint density at radius 1 is 1.50 bits per heavy atom. The minimum Gasteiger partial charge on any atom is -0.465 e. The van der Waals surface area contributed by atoms with E-state index in [9.17, 15) is 9.59 Å². The summed E-state index contributed by atoms with van der Waals surface area (Å²) in [5.41, 5.74) is 1.93. The number of halogens is 1. The third-order valence-electron chi connectivity index (χ3n) is 3.88. The second kappa shape index (κ2) is 6.65. The number of nitrogens with zero attached hydrogens (tertiary/aromatic N) is 2. The first-order valence-electron chi connectivity index (χ1n) is 7.30. The number of aromatic nitrogens is 2. The van der Waals surface area contributed by atoms with Crippen LogP contribution in [0.4, 0.5) is 16.2 Å². The molecular formula is C14H16BrN5O4. The summed E-state index contributed by atoms with van der Waals surface area (Å²) in [6, 6.07) is -0.160. The lowest BCUT2D eigenvalue weighted by atomic mass is 10.2. The SMILES string of the molecule is O=C(O)NC1CCN(c2c(Br)cnc3[nH]cc(NC(=O)CO)c23)C1. The fraction of sp³-hybridized carbons (Fsp3) is 0.357. The van der Waals surface area contributed by atoms with E-state index >= 15 is 0 Å². The molecule has 0 spiro atoms. The number of nitrogens with one attached hydrogen (secondary N) is 3. The molecule has 1 fully saturated rings. The van der Waals surface area contributed by atoms with Crippen molar-refractivity contribution in [1.82, 2.24) is 15.3 Å². The van der Waals surface area contributed by atoms with Gasteiger partial charge in [0.05, 0.1) is 27.3 Å². The van der Waals surface area contributed by atoms with Crippen molar-refractivity contribution in [3.8, 4) is 0 Å². The molecule has 0 bridgehead atoms. The number of H-pyrrole nitrogens is 1. The Labute approximate surface area is 145 Å². The molecule has 5 N–H and O–H groups in total. The average Bonchev–Trinajstić information content (AvgIpc) is 3.14. The molecule has 2 aromatic rings. The number of hydrogen-bond acceptors (Lipinski definition) is 5. The maximum absolute atomic E-state index is 11.5. The summed E-state index contributed by atoms with van der Waals surface area (Å²) < 4.78 is 0.741. The third-order valence-corrected chi connectivity index (χ3v) is 4.46. The molecule has 1 atom stereocenters. The van der Waals surface area contributed by atoms with Gasteiger partial charge >= 0.3 is 6.09 Å². The number of pyridine rings is 1. The van der Waals surface area contributed by atoms with Crippen molar-refractivity contribution >= 4 is 50.3 Å². The summed E-state index contributed by atoms with van der Waals surface area (Å²) in [7, 11) is 0. The number of aromatic amines is 1. The number of amides is 2. The molecule has 0 radical (unpaired) electrons. The van der Waals surface area contributed by atoms with Gasteiger partial charge in [-0.15, -0.1) is 0 Å². The van der Waals surface area contributed by atoms with E-state index in [1.165, 1.54) is 0 Å². The van der Waals surface area contributed by atoms with Crippen LogP contribution in [0.5, 0.6) is 0 Å². The highest BCUT2D eigenvalue weighted by Gasteiger charge is 2.28. The number of fused-ring (bicyclic) bond motifs is 1. The van der Waals surface area contributed by atoms with Gasteiger partial charge in [0, 0.05) is 25.5 Å². The molecule has 0 aliphatic carbocycles. The lowest BCUT2D eigenvalue weighted by Crippen LogP contribution is -2.36. The molecule has 2 aromatic heterocycles. The van der Waals surface area contributed by atoms with Gasteiger partial charge in [-0.1, -0.05) is 0 Å². The van der Waals surface area contributed by atoms with Crippen LogP contribution in [0.2, 0.25) is 0 Å². The van der Waals surface area contributed by atoms with Gasteiger partial charge < -0.3 is 30.7 Å². The molecule has 2 amide bonds. The molecule has 3 rings (SSSR count). The zero-order valence-electron chi connectivity index (χ0n) is 12.5. The minimum absolute atomic E-state index is 0.160. The van der Waals surface area contributed by atoms with E-state index < -0.39 is 18.6 Å². The second-order valence-electron chi connectivity index (χ2n) is 5.47. The van der Waals surface area contributed by atoms with Gasteiger partial charge in [0.2, 0.25) is 5.91 Å². The lowest BCUT2D eigenvalue weighted by Gasteiger charge is -2.21. The predicted molar refractivity (Wildman–Crippen MR) is 91.3 cm³/mol. The van der Waals surface area contributed by atoms with Crippen LogP contribution in [-0.2, 0) is 4.79 Å². The predicted octanol–water partition coefficient (Wildman–Crippen LogP) is 1.10. The van der Waals surface area contributed by atoms with Gasteiger partial charge in [-0.05, 0) is 22.4 Å². The van der Waals surface area contributed by atoms with E-state index in [2.05, 4.69) is 36.5 Å². The van der Waals surface area contributed by atoms with Gasteiger partial charge in [0.1, 0.15) is 12.3 Å². The number of anilines is 2. The molecular weight excluding hydrogens is 382 g/mol. The van der Waals surface area contributed by atoms with Gasteiger partial charge in [-0.25, -0.2) is 9.78 Å². The standard InChI is InChI=1S/C14H16BrN5O4/c15-8-3-16-13-11(9(4-17-13)19-10(22)6-21)12(8)20-2-1-7(5-20)18-14(23)24/h3-4,7,18,21H,1-2,5-6H2,(H,16,17)(H,19,22)(H,23,24). The molecule has 24 heavy (non-hydrogen) atoms. The number of aliphatic hydroxyl groups is 1. The zero-order chi connectivity index (χ0) is 17.3. The number of carboxylic acid groups (broad SMARTS) is 1. The number of carbonyl (C=O) groups is 2. The zero-order valence-corrected chi connectivity index (χ0v) is 14.1. The van der Waals surface area contributed by atoms with Crippen LogP contribution in [0.25, 0.3) is 11.0 Å². The topological polar surface area (TPSA) is 131 Å². The van der Waals surface area contributed by atoms with Crippen LogP contribution in [0.1, 0.15) is 6.42 Å². The first kappa shape index (κ1) is 16.5. The first-order chi connectivity index (χ1) is 11.5. The molecule has 128 valence electrons. The Morgan fingerprint density at radius 3 is 3.00 bits per heavy atom. The van der Waals surface area contributed by atoms with Crippen molar-refractivity contribution in [2.24, 2.45) is 0 Å². The van der Waals surface area contributed by atoms with Crippen molar-refractivity contribution in [2.75, 3.05) is 29.9 Å². The highest BCUT2D eigenvalue weighted by Crippen LogP contribution is 2.39. The van der Waals surface area contributed by atoms with E-state index in [0.717, 1.165) is 10.2 Å². The van der Waals surface area contributed by atoms with Gasteiger partial charge in [0.25, 0.3) is 0 Å². The largest absolute Gasteiger partial charge is 0.465 e. The average molecular weight is 398 g/mol. The first-order valence-corrected chi connectivity index (χ1v) is 8.09. The molecule has 1 saturated heterocycles. The Balaban J connectivity index is 1.97. The Kier molecular flexibility index (Phi) is 4.58. The Bertz CT molecular complexity index is 793. The lowest BCUT2D eigenvalue weighted by molar-refractivity contribution is -0.118. The van der Waals surface area contributed by atoms with Crippen LogP contribution < -0.4 is 15.5 Å². The monoisotopic (exact) mass is 397 g/mol. The molecule has 1 aliphatic heterocycles. The van der Waals surface area contributed by atoms with Crippen molar-refractivity contribution in [3.63, 3.8) is 0 Å². The third kappa shape index (κ3) is 3.15. The van der Waals surface area contributed by atoms with Crippen molar-refractivity contribution in [2.45, 2.75) is 12.5 Å². The maximum Gasteiger partial charge on any atom is 0.404 e. The molecule has 3 heterocycles. The number of rotatable bonds is 4. The fourth-order valence-corrected chi connectivity index (χ4v) is 3.46. The normalized spacial score (nSPS) is 17.2. The molecule has 10 heteroatoms. The van der Waals surface area contributed by atoms with Gasteiger partial charge in [-0.3, -0.25) is 4.79 Å². The van der Waals surface area contributed by atoms with Crippen molar-refractivity contribution in [1.29, 1.82) is 0 Å².